The van der Waals surface area contributed by atoms with Crippen LogP contribution >= 0.6 is 0 Å². The Morgan fingerprint density at radius 2 is 1.74 bits per heavy atom. The van der Waals surface area contributed by atoms with Gasteiger partial charge in [0, 0.05) is 12.7 Å². The quantitative estimate of drug-likeness (QED) is 0.386. The van der Waals surface area contributed by atoms with Gasteiger partial charge in [0.25, 0.3) is 0 Å². The molecule has 1 rings (SSSR count). The van der Waals surface area contributed by atoms with E-state index in [1.165, 1.54) is 62.3 Å². The van der Waals surface area contributed by atoms with E-state index in [4.69, 9.17) is 15.0 Å². The predicted octanol–water partition coefficient (Wildman–Crippen LogP) is 4.69. The number of hydrogen-bond donors (Lipinski definition) is 1. The van der Waals surface area contributed by atoms with Crippen LogP contribution in [0.4, 0.5) is 5.82 Å². The van der Waals surface area contributed by atoms with Gasteiger partial charge >= 0.3 is 0 Å². The van der Waals surface area contributed by atoms with Gasteiger partial charge in [0.15, 0.2) is 0 Å². The van der Waals surface area contributed by atoms with Crippen LogP contribution in [0.5, 0.6) is 0 Å². The van der Waals surface area contributed by atoms with Crippen LogP contribution in [-0.2, 0) is 17.6 Å². The summed E-state index contributed by atoms with van der Waals surface area (Å²) in [6.07, 6.45) is 11.9. The molecule has 1 aromatic heterocycles. The van der Waals surface area contributed by atoms with E-state index >= 15 is 0 Å². The molecule has 0 saturated carbocycles. The third-order valence-corrected chi connectivity index (χ3v) is 3.74. The molecule has 0 fully saturated rings. The topological polar surface area (TPSA) is 65.8 Å². The van der Waals surface area contributed by atoms with Gasteiger partial charge < -0.3 is 5.32 Å². The minimum atomic E-state index is 0.181. The van der Waals surface area contributed by atoms with Gasteiger partial charge in [0.1, 0.15) is 11.9 Å². The summed E-state index contributed by atoms with van der Waals surface area (Å²) in [7, 11) is 1.96. The molecule has 0 bridgehead atoms. The molecule has 128 valence electrons. The highest BCUT2D eigenvalue weighted by molar-refractivity contribution is 5.68. The van der Waals surface area contributed by atoms with Gasteiger partial charge in [-0.2, -0.15) is 5.26 Å². The number of unbranched alkanes of at least 4 members (excludes halogenated alkanes) is 6. The number of aldehydes is 1. The second-order valence-electron chi connectivity index (χ2n) is 5.53. The first-order valence-corrected chi connectivity index (χ1v) is 8.73. The molecular weight excluding hydrogens is 286 g/mol. The van der Waals surface area contributed by atoms with E-state index < -0.39 is 0 Å². The average Bonchev–Trinajstić information content (AvgIpc) is 2.60. The third kappa shape index (κ3) is 10.5. The molecule has 0 amide bonds. The van der Waals surface area contributed by atoms with E-state index in [2.05, 4.69) is 31.3 Å². The van der Waals surface area contributed by atoms with E-state index in [-0.39, 0.29) is 6.29 Å². The van der Waals surface area contributed by atoms with Gasteiger partial charge in [-0.25, -0.2) is 4.98 Å². The van der Waals surface area contributed by atoms with Crippen molar-refractivity contribution >= 4 is 12.1 Å². The predicted molar refractivity (Wildman–Crippen MR) is 96.5 cm³/mol. The third-order valence-electron chi connectivity index (χ3n) is 3.74. The first-order valence-electron chi connectivity index (χ1n) is 8.73. The van der Waals surface area contributed by atoms with Crippen LogP contribution in [-0.4, -0.2) is 18.3 Å². The largest absolute Gasteiger partial charge is 0.373 e. The molecule has 0 unspecified atom stereocenters. The summed E-state index contributed by atoms with van der Waals surface area (Å²) in [4.78, 5) is 13.5. The average molecular weight is 317 g/mol. The molecule has 0 aliphatic carbocycles. The molecule has 4 nitrogen and oxygen atoms in total. The SMILES string of the molecule is CCCCCCCCCc1ccc(CC)c(NC)n1.N#CC=O. The molecule has 0 atom stereocenters. The van der Waals surface area contributed by atoms with Crippen molar-refractivity contribution in [2.24, 2.45) is 0 Å². The molecule has 0 spiro atoms. The number of rotatable bonds is 10. The highest BCUT2D eigenvalue weighted by Gasteiger charge is 2.02. The lowest BCUT2D eigenvalue weighted by molar-refractivity contribution is -0.103. The number of carbonyl (C=O) groups excluding carboxylic acids is 1. The van der Waals surface area contributed by atoms with Crippen LogP contribution in [0, 0.1) is 11.3 Å². The van der Waals surface area contributed by atoms with Gasteiger partial charge in [0.05, 0.1) is 0 Å². The van der Waals surface area contributed by atoms with Gasteiger partial charge in [0.2, 0.25) is 6.29 Å². The maximum Gasteiger partial charge on any atom is 0.219 e. The Morgan fingerprint density at radius 3 is 2.26 bits per heavy atom. The van der Waals surface area contributed by atoms with E-state index in [0.29, 0.717) is 0 Å². The standard InChI is InChI=1S/C17H30N2.C2HNO/c1-4-6-7-8-9-10-11-12-16-14-13-15(5-2)17(18-3)19-16;3-1-2-4/h13-14H,4-12H2,1-3H3,(H,18,19);2H. The maximum atomic E-state index is 8.81. The van der Waals surface area contributed by atoms with Crippen molar-refractivity contribution in [1.82, 2.24) is 4.98 Å². The first kappa shape index (κ1) is 21.1. The van der Waals surface area contributed by atoms with Crippen LogP contribution in [0.1, 0.15) is 70.1 Å². The number of carbonyl (C=O) groups is 1. The molecule has 0 aliphatic heterocycles. The lowest BCUT2D eigenvalue weighted by atomic mass is 10.1. The van der Waals surface area contributed by atoms with Gasteiger partial charge in [-0.05, 0) is 30.9 Å². The van der Waals surface area contributed by atoms with Crippen molar-refractivity contribution in [3.05, 3.63) is 23.4 Å². The minimum Gasteiger partial charge on any atom is -0.373 e. The van der Waals surface area contributed by atoms with E-state index in [1.807, 2.05) is 7.05 Å². The number of aromatic nitrogens is 1. The molecule has 0 aromatic carbocycles. The fourth-order valence-electron chi connectivity index (χ4n) is 2.43. The number of pyridine rings is 1. The Kier molecular flexibility index (Phi) is 13.8. The zero-order valence-electron chi connectivity index (χ0n) is 14.9. The Morgan fingerprint density at radius 1 is 1.13 bits per heavy atom. The summed E-state index contributed by atoms with van der Waals surface area (Å²) in [5, 5.41) is 10.5. The van der Waals surface area contributed by atoms with Crippen molar-refractivity contribution in [3.63, 3.8) is 0 Å². The lowest BCUT2D eigenvalue weighted by Crippen LogP contribution is -2.01. The number of nitrogens with one attached hydrogen (secondary N) is 1. The fourth-order valence-corrected chi connectivity index (χ4v) is 2.43. The molecule has 4 heteroatoms. The smallest absolute Gasteiger partial charge is 0.219 e. The van der Waals surface area contributed by atoms with Crippen LogP contribution in [0.25, 0.3) is 0 Å². The maximum absolute atomic E-state index is 8.81. The van der Waals surface area contributed by atoms with Crippen LogP contribution in [0.15, 0.2) is 12.1 Å². The summed E-state index contributed by atoms with van der Waals surface area (Å²) in [5.74, 6) is 1.06. The Hall–Kier alpha value is -1.89. The van der Waals surface area contributed by atoms with Gasteiger partial charge in [-0.15, -0.1) is 0 Å². The normalized spacial score (nSPS) is 9.48. The molecule has 23 heavy (non-hydrogen) atoms. The fraction of sp³-hybridized carbons (Fsp3) is 0.632. The van der Waals surface area contributed by atoms with E-state index in [0.717, 1.165) is 18.7 Å². The van der Waals surface area contributed by atoms with Crippen molar-refractivity contribution in [3.8, 4) is 6.07 Å². The summed E-state index contributed by atoms with van der Waals surface area (Å²) in [6, 6.07) is 5.66. The summed E-state index contributed by atoms with van der Waals surface area (Å²) >= 11 is 0. The van der Waals surface area contributed by atoms with Crippen LogP contribution < -0.4 is 5.32 Å². The zero-order valence-corrected chi connectivity index (χ0v) is 14.9. The molecule has 0 aliphatic rings. The monoisotopic (exact) mass is 317 g/mol. The van der Waals surface area contributed by atoms with Crippen molar-refractivity contribution in [1.29, 1.82) is 5.26 Å². The summed E-state index contributed by atoms with van der Waals surface area (Å²) in [5.41, 5.74) is 2.54. The molecular formula is C19H31N3O. The summed E-state index contributed by atoms with van der Waals surface area (Å²) < 4.78 is 0. The second kappa shape index (κ2) is 15.0. The minimum absolute atomic E-state index is 0.181. The summed E-state index contributed by atoms with van der Waals surface area (Å²) in [6.45, 7) is 4.44. The lowest BCUT2D eigenvalue weighted by Gasteiger charge is -2.09. The first-order chi connectivity index (χ1) is 11.2. The van der Waals surface area contributed by atoms with Gasteiger partial charge in [-0.1, -0.05) is 58.4 Å². The molecule has 1 aromatic rings. The van der Waals surface area contributed by atoms with Crippen molar-refractivity contribution in [2.45, 2.75) is 71.6 Å². The Balaban J connectivity index is 0.00000108. The van der Waals surface area contributed by atoms with Crippen LogP contribution in [0.2, 0.25) is 0 Å². The highest BCUT2D eigenvalue weighted by Crippen LogP contribution is 2.15. The molecule has 0 radical (unpaired) electrons. The number of anilines is 1. The zero-order chi connectivity index (χ0) is 17.3. The molecule has 1 heterocycles. The van der Waals surface area contributed by atoms with Crippen LogP contribution in [0.3, 0.4) is 0 Å². The Bertz CT molecular complexity index is 466. The van der Waals surface area contributed by atoms with Gasteiger partial charge in [-0.3, -0.25) is 4.79 Å². The van der Waals surface area contributed by atoms with E-state index in [1.54, 1.807) is 0 Å². The Labute approximate surface area is 141 Å². The second-order valence-corrected chi connectivity index (χ2v) is 5.53. The highest BCUT2D eigenvalue weighted by atomic mass is 16.1. The molecule has 0 saturated heterocycles. The van der Waals surface area contributed by atoms with Crippen molar-refractivity contribution < 1.29 is 4.79 Å². The number of nitriles is 1. The van der Waals surface area contributed by atoms with E-state index in [9.17, 15) is 0 Å². The molecule has 1 N–H and O–H groups in total. The number of hydrogen-bond acceptors (Lipinski definition) is 4. The van der Waals surface area contributed by atoms with Crippen molar-refractivity contribution in [2.75, 3.05) is 12.4 Å². The number of aryl methyl sites for hydroxylation is 2. The number of nitrogens with zero attached hydrogens (tertiary/aromatic N) is 2.